The second-order valence-corrected chi connectivity index (χ2v) is 11.9. The maximum absolute atomic E-state index is 13.5. The van der Waals surface area contributed by atoms with Gasteiger partial charge < -0.3 is 20.1 Å². The van der Waals surface area contributed by atoms with Gasteiger partial charge >= 0.3 is 12.1 Å². The molecule has 0 unspecified atom stereocenters. The number of fused-ring (bicyclic) bond motifs is 3. The summed E-state index contributed by atoms with van der Waals surface area (Å²) < 4.78 is 11.3. The normalized spacial score (nSPS) is 14.0. The minimum atomic E-state index is -0.954. The van der Waals surface area contributed by atoms with Crippen LogP contribution in [0.25, 0.3) is 11.1 Å². The second kappa shape index (κ2) is 13.0. The van der Waals surface area contributed by atoms with Gasteiger partial charge in [-0.1, -0.05) is 92.7 Å². The van der Waals surface area contributed by atoms with E-state index in [0.717, 1.165) is 27.8 Å². The van der Waals surface area contributed by atoms with Gasteiger partial charge in [0.25, 0.3) is 0 Å². The van der Waals surface area contributed by atoms with E-state index in [4.69, 9.17) is 9.47 Å². The number of hydrogen-bond acceptors (Lipinski definition) is 5. The summed E-state index contributed by atoms with van der Waals surface area (Å²) in [6, 6.07) is 23.8. The van der Waals surface area contributed by atoms with Gasteiger partial charge in [0.05, 0.1) is 0 Å². The lowest BCUT2D eigenvalue weighted by Gasteiger charge is -2.27. The number of ether oxygens (including phenoxy) is 2. The first kappa shape index (κ1) is 29.8. The smallest absolute Gasteiger partial charge is 0.407 e. The van der Waals surface area contributed by atoms with E-state index in [1.165, 1.54) is 0 Å². The van der Waals surface area contributed by atoms with Gasteiger partial charge in [-0.15, -0.1) is 0 Å². The lowest BCUT2D eigenvalue weighted by atomic mass is 9.98. The van der Waals surface area contributed by atoms with Crippen molar-refractivity contribution in [2.75, 3.05) is 6.61 Å². The Morgan fingerprint density at radius 2 is 1.34 bits per heavy atom. The highest BCUT2D eigenvalue weighted by atomic mass is 16.6. The Balaban J connectivity index is 1.48. The fourth-order valence-corrected chi connectivity index (χ4v) is 5.17. The summed E-state index contributed by atoms with van der Waals surface area (Å²) in [5, 5.41) is 5.59. The van der Waals surface area contributed by atoms with Crippen molar-refractivity contribution in [3.63, 3.8) is 0 Å². The maximum atomic E-state index is 13.5. The van der Waals surface area contributed by atoms with Gasteiger partial charge in [-0.3, -0.25) is 4.79 Å². The first-order valence-electron chi connectivity index (χ1n) is 14.2. The fraction of sp³-hybridized carbons (Fsp3) is 0.382. The van der Waals surface area contributed by atoms with Crippen molar-refractivity contribution in [1.29, 1.82) is 0 Å². The van der Waals surface area contributed by atoms with E-state index in [0.29, 0.717) is 6.42 Å². The van der Waals surface area contributed by atoms with E-state index >= 15 is 0 Å². The minimum Gasteiger partial charge on any atom is -0.458 e. The number of carbonyl (C=O) groups excluding carboxylic acids is 3. The van der Waals surface area contributed by atoms with Crippen molar-refractivity contribution in [2.24, 2.45) is 5.92 Å². The molecule has 0 radical (unpaired) electrons. The molecule has 0 fully saturated rings. The summed E-state index contributed by atoms with van der Waals surface area (Å²) in [5.74, 6) is -0.939. The summed E-state index contributed by atoms with van der Waals surface area (Å²) in [7, 11) is 0. The molecule has 2 amide bonds. The van der Waals surface area contributed by atoms with Crippen LogP contribution in [0.15, 0.2) is 78.9 Å². The zero-order chi connectivity index (χ0) is 29.6. The number of carbonyl (C=O) groups is 3. The van der Waals surface area contributed by atoms with Gasteiger partial charge in [-0.25, -0.2) is 9.59 Å². The third-order valence-electron chi connectivity index (χ3n) is 6.95. The predicted molar refractivity (Wildman–Crippen MR) is 159 cm³/mol. The maximum Gasteiger partial charge on any atom is 0.407 e. The molecule has 0 saturated heterocycles. The molecule has 0 aliphatic heterocycles. The van der Waals surface area contributed by atoms with Crippen LogP contribution in [-0.2, 0) is 25.5 Å². The van der Waals surface area contributed by atoms with Crippen LogP contribution in [0.3, 0.4) is 0 Å². The predicted octanol–water partition coefficient (Wildman–Crippen LogP) is 6.01. The molecule has 0 saturated carbocycles. The van der Waals surface area contributed by atoms with E-state index in [2.05, 4.69) is 34.9 Å². The number of hydrogen-bond donors (Lipinski definition) is 2. The summed E-state index contributed by atoms with van der Waals surface area (Å²) >= 11 is 0. The van der Waals surface area contributed by atoms with E-state index in [1.807, 2.05) is 68.4 Å². The van der Waals surface area contributed by atoms with Crippen LogP contribution in [0.1, 0.15) is 63.6 Å². The Bertz CT molecular complexity index is 1320. The van der Waals surface area contributed by atoms with Crippen LogP contribution in [-0.4, -0.2) is 42.3 Å². The Morgan fingerprint density at radius 1 is 0.780 bits per heavy atom. The summed E-state index contributed by atoms with van der Waals surface area (Å²) in [5.41, 5.74) is 4.65. The van der Waals surface area contributed by atoms with E-state index in [1.54, 1.807) is 20.8 Å². The van der Waals surface area contributed by atoms with Crippen LogP contribution in [0, 0.1) is 5.92 Å². The zero-order valence-electron chi connectivity index (χ0n) is 24.5. The van der Waals surface area contributed by atoms with E-state index in [9.17, 15) is 14.4 Å². The third-order valence-corrected chi connectivity index (χ3v) is 6.95. The van der Waals surface area contributed by atoms with E-state index < -0.39 is 35.7 Å². The molecule has 4 rings (SSSR count). The van der Waals surface area contributed by atoms with Crippen LogP contribution in [0.5, 0.6) is 0 Å². The second-order valence-electron chi connectivity index (χ2n) is 11.9. The fourth-order valence-electron chi connectivity index (χ4n) is 5.17. The molecule has 0 aromatic heterocycles. The molecule has 0 heterocycles. The summed E-state index contributed by atoms with van der Waals surface area (Å²) in [6.45, 7) is 9.44. The summed E-state index contributed by atoms with van der Waals surface area (Å²) in [6.07, 6.45) is -0.0518. The van der Waals surface area contributed by atoms with Crippen LogP contribution in [0.2, 0.25) is 0 Å². The lowest BCUT2D eigenvalue weighted by molar-refractivity contribution is -0.159. The number of benzene rings is 3. The molecule has 216 valence electrons. The zero-order valence-corrected chi connectivity index (χ0v) is 24.5. The molecule has 41 heavy (non-hydrogen) atoms. The van der Waals surface area contributed by atoms with Gasteiger partial charge in [0.1, 0.15) is 24.3 Å². The SMILES string of the molecule is CC(C)C[C@H](NC(=O)[C@H](Cc1ccccc1)NC(=O)OCC1c2ccccc2-c2ccccc21)C(=O)OC(C)(C)C. The molecule has 0 spiro atoms. The van der Waals surface area contributed by atoms with Gasteiger partial charge in [0.15, 0.2) is 0 Å². The average molecular weight is 557 g/mol. The van der Waals surface area contributed by atoms with Crippen molar-refractivity contribution in [2.45, 2.75) is 71.1 Å². The number of esters is 1. The van der Waals surface area contributed by atoms with Gasteiger partial charge in [0.2, 0.25) is 5.91 Å². The Kier molecular flexibility index (Phi) is 9.48. The Hall–Kier alpha value is -4.13. The van der Waals surface area contributed by atoms with Crippen LogP contribution in [0.4, 0.5) is 4.79 Å². The van der Waals surface area contributed by atoms with Gasteiger partial charge in [-0.2, -0.15) is 0 Å². The first-order chi connectivity index (χ1) is 19.5. The van der Waals surface area contributed by atoms with Crippen molar-refractivity contribution in [3.8, 4) is 11.1 Å². The average Bonchev–Trinajstić information content (AvgIpc) is 3.24. The molecule has 2 N–H and O–H groups in total. The molecule has 3 aromatic carbocycles. The van der Waals surface area contributed by atoms with Crippen molar-refractivity contribution in [1.82, 2.24) is 10.6 Å². The molecule has 7 heteroatoms. The molecule has 2 atom stereocenters. The summed E-state index contributed by atoms with van der Waals surface area (Å²) in [4.78, 5) is 39.6. The molecular weight excluding hydrogens is 516 g/mol. The first-order valence-corrected chi connectivity index (χ1v) is 14.2. The Morgan fingerprint density at radius 3 is 1.90 bits per heavy atom. The molecular formula is C34H40N2O5. The number of amides is 2. The molecule has 1 aliphatic carbocycles. The minimum absolute atomic E-state index is 0.0999. The van der Waals surface area contributed by atoms with Gasteiger partial charge in [0, 0.05) is 12.3 Å². The van der Waals surface area contributed by atoms with Crippen molar-refractivity contribution < 1.29 is 23.9 Å². The molecule has 1 aliphatic rings. The molecule has 0 bridgehead atoms. The van der Waals surface area contributed by atoms with Crippen LogP contribution < -0.4 is 10.6 Å². The van der Waals surface area contributed by atoms with Crippen LogP contribution >= 0.6 is 0 Å². The largest absolute Gasteiger partial charge is 0.458 e. The van der Waals surface area contributed by atoms with E-state index in [-0.39, 0.29) is 24.9 Å². The molecule has 3 aromatic rings. The topological polar surface area (TPSA) is 93.7 Å². The molecule has 7 nitrogen and oxygen atoms in total. The van der Waals surface area contributed by atoms with Gasteiger partial charge in [-0.05, 0) is 60.9 Å². The number of nitrogens with one attached hydrogen (secondary N) is 2. The highest BCUT2D eigenvalue weighted by Gasteiger charge is 2.32. The monoisotopic (exact) mass is 556 g/mol. The van der Waals surface area contributed by atoms with Crippen molar-refractivity contribution in [3.05, 3.63) is 95.6 Å². The third kappa shape index (κ3) is 7.97. The van der Waals surface area contributed by atoms with Crippen molar-refractivity contribution >= 4 is 18.0 Å². The number of rotatable bonds is 10. The Labute approximate surface area is 242 Å². The quantitative estimate of drug-likeness (QED) is 0.298. The standard InChI is InChI=1S/C34H40N2O5/c1-22(2)19-30(32(38)41-34(3,4)5)35-31(37)29(20-23-13-7-6-8-14-23)36-33(39)40-21-28-26-17-11-9-15-24(26)25-16-10-12-18-27(25)28/h6-18,22,28-30H,19-21H2,1-5H3,(H,35,37)(H,36,39)/t29-,30-/m0/s1. The highest BCUT2D eigenvalue weighted by Crippen LogP contribution is 2.44. The number of alkyl carbamates (subject to hydrolysis) is 1. The highest BCUT2D eigenvalue weighted by molar-refractivity contribution is 5.90. The lowest BCUT2D eigenvalue weighted by Crippen LogP contribution is -2.53.